The first-order valence-corrected chi connectivity index (χ1v) is 7.74. The van der Waals surface area contributed by atoms with Crippen molar-refractivity contribution < 1.29 is 35.3 Å². The minimum atomic E-state index is -5.73. The molecule has 2 atom stereocenters. The van der Waals surface area contributed by atoms with E-state index in [-0.39, 0.29) is 24.8 Å². The predicted molar refractivity (Wildman–Crippen MR) is 64.4 cm³/mol. The molecule has 6 nitrogen and oxygen atoms in total. The van der Waals surface area contributed by atoms with Crippen LogP contribution in [0.1, 0.15) is 26.2 Å². The highest BCUT2D eigenvalue weighted by molar-refractivity contribution is 7.87. The van der Waals surface area contributed by atoms with Gasteiger partial charge in [0.15, 0.2) is 0 Å². The Kier molecular flexibility index (Phi) is 4.09. The van der Waals surface area contributed by atoms with Crippen molar-refractivity contribution in [3.8, 4) is 0 Å². The molecule has 0 aliphatic carbocycles. The van der Waals surface area contributed by atoms with Crippen LogP contribution >= 0.6 is 0 Å². The molecule has 0 aromatic heterocycles. The second kappa shape index (κ2) is 5.39. The summed E-state index contributed by atoms with van der Waals surface area (Å²) in [4.78, 5) is 13.1. The lowest BCUT2D eigenvalue weighted by molar-refractivity contribution is -0.0529. The SMILES string of the molecule is CCOC(=O)N1[C@@H]2CC=C(OS(=O)(=O)C(F)(F)F)[C@H]1CC2. The summed E-state index contributed by atoms with van der Waals surface area (Å²) in [6.45, 7) is 1.72. The Labute approximate surface area is 119 Å². The Balaban J connectivity index is 2.20. The van der Waals surface area contributed by atoms with Gasteiger partial charge in [-0.3, -0.25) is 4.90 Å². The van der Waals surface area contributed by atoms with Crippen LogP contribution in [0.15, 0.2) is 11.8 Å². The summed E-state index contributed by atoms with van der Waals surface area (Å²) in [6, 6.07) is -1.03. The van der Waals surface area contributed by atoms with E-state index in [4.69, 9.17) is 4.74 Å². The molecule has 10 heteroatoms. The molecule has 0 saturated carbocycles. The summed E-state index contributed by atoms with van der Waals surface area (Å²) in [5.74, 6) is -0.367. The van der Waals surface area contributed by atoms with Crippen molar-refractivity contribution in [3.05, 3.63) is 11.8 Å². The van der Waals surface area contributed by atoms with Crippen LogP contribution in [0, 0.1) is 0 Å². The lowest BCUT2D eigenvalue weighted by Crippen LogP contribution is -2.45. The molecule has 21 heavy (non-hydrogen) atoms. The number of amides is 1. The van der Waals surface area contributed by atoms with Gasteiger partial charge in [-0.2, -0.15) is 21.6 Å². The van der Waals surface area contributed by atoms with E-state index in [1.165, 1.54) is 11.0 Å². The van der Waals surface area contributed by atoms with Gasteiger partial charge in [-0.25, -0.2) is 4.79 Å². The molecule has 0 spiro atoms. The van der Waals surface area contributed by atoms with Crippen molar-refractivity contribution in [2.75, 3.05) is 6.61 Å². The molecule has 2 heterocycles. The molecule has 1 fully saturated rings. The fourth-order valence-corrected chi connectivity index (χ4v) is 3.05. The number of ether oxygens (including phenoxy) is 1. The van der Waals surface area contributed by atoms with E-state index in [1.807, 2.05) is 0 Å². The molecule has 2 bridgehead atoms. The summed E-state index contributed by atoms with van der Waals surface area (Å²) in [7, 11) is -5.73. The van der Waals surface area contributed by atoms with E-state index in [1.54, 1.807) is 6.92 Å². The van der Waals surface area contributed by atoms with Crippen LogP contribution in [0.25, 0.3) is 0 Å². The molecule has 2 aliphatic rings. The van der Waals surface area contributed by atoms with E-state index in [0.29, 0.717) is 12.8 Å². The highest BCUT2D eigenvalue weighted by atomic mass is 32.2. The Morgan fingerprint density at radius 2 is 2.10 bits per heavy atom. The summed E-state index contributed by atoms with van der Waals surface area (Å²) in [5, 5.41) is 0. The van der Waals surface area contributed by atoms with Crippen LogP contribution in [0.5, 0.6) is 0 Å². The van der Waals surface area contributed by atoms with Gasteiger partial charge in [0.2, 0.25) is 0 Å². The van der Waals surface area contributed by atoms with Crippen molar-refractivity contribution in [2.24, 2.45) is 0 Å². The van der Waals surface area contributed by atoms with Crippen LogP contribution in [0.3, 0.4) is 0 Å². The van der Waals surface area contributed by atoms with Gasteiger partial charge in [0.25, 0.3) is 0 Å². The van der Waals surface area contributed by atoms with E-state index >= 15 is 0 Å². The van der Waals surface area contributed by atoms with Crippen molar-refractivity contribution >= 4 is 16.2 Å². The van der Waals surface area contributed by atoms with Crippen molar-refractivity contribution in [1.29, 1.82) is 0 Å². The number of halogens is 3. The normalized spacial score (nSPS) is 25.5. The van der Waals surface area contributed by atoms with Crippen LogP contribution in [-0.4, -0.2) is 43.6 Å². The zero-order valence-electron chi connectivity index (χ0n) is 11.1. The Morgan fingerprint density at radius 3 is 2.67 bits per heavy atom. The van der Waals surface area contributed by atoms with Gasteiger partial charge < -0.3 is 8.92 Å². The maximum absolute atomic E-state index is 12.4. The third kappa shape index (κ3) is 2.94. The van der Waals surface area contributed by atoms with Gasteiger partial charge >= 0.3 is 21.7 Å². The predicted octanol–water partition coefficient (Wildman–Crippen LogP) is 2.13. The number of alkyl halides is 3. The summed E-state index contributed by atoms with van der Waals surface area (Å²) in [6.07, 6.45) is 1.74. The van der Waals surface area contributed by atoms with Crippen molar-refractivity contribution in [2.45, 2.75) is 43.8 Å². The lowest BCUT2D eigenvalue weighted by Gasteiger charge is -2.33. The number of nitrogens with zero attached hydrogens (tertiary/aromatic N) is 1. The van der Waals surface area contributed by atoms with Gasteiger partial charge in [-0.15, -0.1) is 0 Å². The first-order valence-electron chi connectivity index (χ1n) is 6.33. The molecule has 1 amide bonds. The first kappa shape index (κ1) is 15.9. The molecule has 0 unspecified atom stereocenters. The molecule has 120 valence electrons. The molecular weight excluding hydrogens is 315 g/mol. The molecule has 0 aromatic carbocycles. The molecule has 0 aromatic rings. The molecule has 0 radical (unpaired) electrons. The van der Waals surface area contributed by atoms with Crippen LogP contribution < -0.4 is 0 Å². The zero-order chi connectivity index (χ0) is 15.8. The standard InChI is InChI=1S/C11H14F3NO5S/c1-2-19-10(16)15-7-3-5-8(15)9(6-4-7)20-21(17,18)11(12,13)14/h6-8H,2-5H2,1H3/t7-,8+/m0/s1. The molecule has 2 rings (SSSR count). The number of carbonyl (C=O) groups excluding carboxylic acids is 1. The highest BCUT2D eigenvalue weighted by Crippen LogP contribution is 2.39. The number of rotatable bonds is 3. The van der Waals surface area contributed by atoms with Gasteiger partial charge in [0.05, 0.1) is 12.6 Å². The maximum Gasteiger partial charge on any atom is 0.534 e. The monoisotopic (exact) mass is 329 g/mol. The van der Waals surface area contributed by atoms with E-state index < -0.39 is 27.8 Å². The van der Waals surface area contributed by atoms with Gasteiger partial charge in [0, 0.05) is 6.04 Å². The molecule has 1 saturated heterocycles. The smallest absolute Gasteiger partial charge is 0.450 e. The minimum Gasteiger partial charge on any atom is -0.450 e. The summed E-state index contributed by atoms with van der Waals surface area (Å²) in [5.41, 5.74) is -5.50. The molecule has 0 N–H and O–H groups in total. The van der Waals surface area contributed by atoms with Gasteiger partial charge in [-0.05, 0) is 32.3 Å². The van der Waals surface area contributed by atoms with Crippen LogP contribution in [0.2, 0.25) is 0 Å². The van der Waals surface area contributed by atoms with E-state index in [9.17, 15) is 26.4 Å². The number of hydrogen-bond acceptors (Lipinski definition) is 5. The third-order valence-corrected chi connectivity index (χ3v) is 4.37. The van der Waals surface area contributed by atoms with Crippen molar-refractivity contribution in [3.63, 3.8) is 0 Å². The summed E-state index contributed by atoms with van der Waals surface area (Å²) >= 11 is 0. The Morgan fingerprint density at radius 1 is 1.43 bits per heavy atom. The van der Waals surface area contributed by atoms with E-state index in [0.717, 1.165) is 0 Å². The topological polar surface area (TPSA) is 72.9 Å². The molecular formula is C11H14F3NO5S. The van der Waals surface area contributed by atoms with E-state index in [2.05, 4.69) is 4.18 Å². The second-order valence-electron chi connectivity index (χ2n) is 4.68. The summed E-state index contributed by atoms with van der Waals surface area (Å²) < 4.78 is 68.3. The van der Waals surface area contributed by atoms with Crippen LogP contribution in [-0.2, 0) is 19.0 Å². The second-order valence-corrected chi connectivity index (χ2v) is 6.22. The maximum atomic E-state index is 12.4. The number of hydrogen-bond donors (Lipinski definition) is 0. The first-order chi connectivity index (χ1) is 9.67. The quantitative estimate of drug-likeness (QED) is 0.586. The largest absolute Gasteiger partial charge is 0.534 e. The Hall–Kier alpha value is -1.45. The number of carbonyl (C=O) groups is 1. The average Bonchev–Trinajstić information content (AvgIpc) is 2.68. The van der Waals surface area contributed by atoms with Gasteiger partial charge in [-0.1, -0.05) is 0 Å². The Bertz CT molecular complexity index is 557. The highest BCUT2D eigenvalue weighted by Gasteiger charge is 2.51. The molecule has 2 aliphatic heterocycles. The van der Waals surface area contributed by atoms with Gasteiger partial charge in [0.1, 0.15) is 5.76 Å². The third-order valence-electron chi connectivity index (χ3n) is 3.39. The lowest BCUT2D eigenvalue weighted by atomic mass is 10.1. The average molecular weight is 329 g/mol. The fourth-order valence-electron chi connectivity index (χ4n) is 2.52. The van der Waals surface area contributed by atoms with Crippen molar-refractivity contribution in [1.82, 2.24) is 4.90 Å². The zero-order valence-corrected chi connectivity index (χ0v) is 11.9. The van der Waals surface area contributed by atoms with Crippen LogP contribution in [0.4, 0.5) is 18.0 Å². The fraction of sp³-hybridized carbons (Fsp3) is 0.727. The number of fused-ring (bicyclic) bond motifs is 2. The minimum absolute atomic E-state index is 0.121.